The van der Waals surface area contributed by atoms with E-state index in [4.69, 9.17) is 0 Å². The van der Waals surface area contributed by atoms with E-state index in [1.54, 1.807) is 0 Å². The van der Waals surface area contributed by atoms with Gasteiger partial charge in [-0.25, -0.2) is 0 Å². The lowest BCUT2D eigenvalue weighted by Crippen LogP contribution is -2.67. The molecule has 0 aromatic carbocycles. The van der Waals surface area contributed by atoms with Crippen LogP contribution in [-0.4, -0.2) is 22.3 Å². The average molecular weight is 445 g/mol. The van der Waals surface area contributed by atoms with Crippen LogP contribution < -0.4 is 0 Å². The molecular formula is C29H48O3. The molecule has 3 heteroatoms. The number of aliphatic carboxylic acids is 1. The second-order valence-corrected chi connectivity index (χ2v) is 14.2. The maximum Gasteiger partial charge on any atom is 0.309 e. The van der Waals surface area contributed by atoms with Crippen LogP contribution >= 0.6 is 0 Å². The monoisotopic (exact) mass is 444 g/mol. The van der Waals surface area contributed by atoms with Crippen LogP contribution in [0.15, 0.2) is 0 Å². The van der Waals surface area contributed by atoms with Crippen LogP contribution in [0.5, 0.6) is 0 Å². The molecule has 2 N–H and O–H groups in total. The molecule has 0 bridgehead atoms. The largest absolute Gasteiger partial charge is 0.481 e. The van der Waals surface area contributed by atoms with E-state index in [2.05, 4.69) is 41.5 Å². The smallest absolute Gasteiger partial charge is 0.309 e. The zero-order valence-corrected chi connectivity index (χ0v) is 21.5. The van der Waals surface area contributed by atoms with Crippen molar-refractivity contribution < 1.29 is 15.0 Å². The van der Waals surface area contributed by atoms with Crippen molar-refractivity contribution in [1.82, 2.24) is 0 Å². The third kappa shape index (κ3) is 2.56. The SMILES string of the molecule is CC[C@@H]1CC[C@]2(C(=O)O)CC[C@]3(C)[C@H](CC[C@@H]4[C@@]5(C)CC[C@H](O)C(C)(C)[C@@H]5CC[C@]43C)[C@@H]12. The van der Waals surface area contributed by atoms with E-state index >= 15 is 0 Å². The molecule has 3 nitrogen and oxygen atoms in total. The van der Waals surface area contributed by atoms with Crippen molar-refractivity contribution in [2.24, 2.45) is 56.7 Å². The first-order valence-electron chi connectivity index (χ1n) is 13.8. The third-order valence-corrected chi connectivity index (χ3v) is 13.5. The Bertz CT molecular complexity index is 789. The standard InChI is InChI=1S/C29H48O3/c1-7-18-10-15-29(24(31)32)17-16-27(5)19(23(18)29)8-9-21-26(4)13-12-22(30)25(2,3)20(26)11-14-28(21,27)6/h18-23,30H,7-17H2,1-6H3,(H,31,32)/t18-,19-,20+,21-,22+,23-,26+,27-,28-,29+/m1/s1. The molecule has 32 heavy (non-hydrogen) atoms. The number of rotatable bonds is 2. The molecule has 0 aromatic heterocycles. The number of aliphatic hydroxyl groups excluding tert-OH is 1. The van der Waals surface area contributed by atoms with Crippen molar-refractivity contribution in [3.05, 3.63) is 0 Å². The van der Waals surface area contributed by atoms with Crippen LogP contribution in [-0.2, 0) is 4.79 Å². The van der Waals surface area contributed by atoms with Crippen LogP contribution in [0.3, 0.4) is 0 Å². The summed E-state index contributed by atoms with van der Waals surface area (Å²) in [5.74, 6) is 2.31. The summed E-state index contributed by atoms with van der Waals surface area (Å²) in [5.41, 5.74) is 0.364. The summed E-state index contributed by atoms with van der Waals surface area (Å²) in [7, 11) is 0. The number of carboxylic acid groups (broad SMARTS) is 1. The second-order valence-electron chi connectivity index (χ2n) is 14.2. The van der Waals surface area contributed by atoms with E-state index in [0.29, 0.717) is 35.0 Å². The van der Waals surface area contributed by atoms with Crippen LogP contribution in [0.2, 0.25) is 0 Å². The Morgan fingerprint density at radius 3 is 2.19 bits per heavy atom. The van der Waals surface area contributed by atoms with Gasteiger partial charge in [-0.05, 0) is 115 Å². The zero-order valence-electron chi connectivity index (χ0n) is 21.5. The Labute approximate surface area is 196 Å². The van der Waals surface area contributed by atoms with Crippen molar-refractivity contribution in [3.8, 4) is 0 Å². The molecule has 5 rings (SSSR count). The van der Waals surface area contributed by atoms with Crippen molar-refractivity contribution in [1.29, 1.82) is 0 Å². The lowest BCUT2D eigenvalue weighted by molar-refractivity contribution is -0.248. The Kier molecular flexibility index (Phi) is 5.06. The zero-order chi connectivity index (χ0) is 23.3. The number of carbonyl (C=O) groups is 1. The molecule has 5 aliphatic rings. The molecule has 0 saturated heterocycles. The summed E-state index contributed by atoms with van der Waals surface area (Å²) in [4.78, 5) is 12.7. The second kappa shape index (κ2) is 6.98. The summed E-state index contributed by atoms with van der Waals surface area (Å²) in [5, 5.41) is 21.3. The number of fused-ring (bicyclic) bond motifs is 7. The summed E-state index contributed by atoms with van der Waals surface area (Å²) in [6.07, 6.45) is 12.0. The summed E-state index contributed by atoms with van der Waals surface area (Å²) in [6.45, 7) is 14.7. The number of hydrogen-bond acceptors (Lipinski definition) is 2. The first kappa shape index (κ1) is 23.2. The number of carboxylic acids is 1. The van der Waals surface area contributed by atoms with Gasteiger partial charge in [0, 0.05) is 0 Å². The van der Waals surface area contributed by atoms with Crippen molar-refractivity contribution in [3.63, 3.8) is 0 Å². The highest BCUT2D eigenvalue weighted by Crippen LogP contribution is 2.77. The highest BCUT2D eigenvalue weighted by molar-refractivity contribution is 5.76. The van der Waals surface area contributed by atoms with Gasteiger partial charge in [0.15, 0.2) is 0 Å². The van der Waals surface area contributed by atoms with Crippen molar-refractivity contribution >= 4 is 5.97 Å². The van der Waals surface area contributed by atoms with Gasteiger partial charge in [0.25, 0.3) is 0 Å². The highest BCUT2D eigenvalue weighted by Gasteiger charge is 2.71. The maximum atomic E-state index is 12.7. The van der Waals surface area contributed by atoms with Gasteiger partial charge < -0.3 is 10.2 Å². The molecule has 0 spiro atoms. The number of hydrogen-bond donors (Lipinski definition) is 2. The molecule has 5 aliphatic carbocycles. The molecule has 0 unspecified atom stereocenters. The molecule has 0 aliphatic heterocycles. The van der Waals surface area contributed by atoms with E-state index in [-0.39, 0.29) is 22.3 Å². The van der Waals surface area contributed by atoms with Crippen molar-refractivity contribution in [2.45, 2.75) is 118 Å². The Morgan fingerprint density at radius 1 is 0.812 bits per heavy atom. The normalized spacial score (nSPS) is 56.5. The first-order chi connectivity index (χ1) is 14.9. The molecule has 0 amide bonds. The molecular weight excluding hydrogens is 396 g/mol. The fourth-order valence-corrected chi connectivity index (χ4v) is 11.6. The summed E-state index contributed by atoms with van der Waals surface area (Å²) < 4.78 is 0. The molecule has 10 atom stereocenters. The van der Waals surface area contributed by atoms with E-state index in [1.165, 1.54) is 25.7 Å². The van der Waals surface area contributed by atoms with Crippen LogP contribution in [0, 0.1) is 56.7 Å². The Balaban J connectivity index is 1.55. The average Bonchev–Trinajstić information content (AvgIpc) is 3.12. The maximum absolute atomic E-state index is 12.7. The molecule has 0 aromatic rings. The summed E-state index contributed by atoms with van der Waals surface area (Å²) in [6, 6.07) is 0. The van der Waals surface area contributed by atoms with Gasteiger partial charge in [-0.3, -0.25) is 4.79 Å². The fourth-order valence-electron chi connectivity index (χ4n) is 11.6. The minimum atomic E-state index is -0.494. The fraction of sp³-hybridized carbons (Fsp3) is 0.966. The molecule has 182 valence electrons. The van der Waals surface area contributed by atoms with E-state index in [0.717, 1.165) is 44.9 Å². The minimum absolute atomic E-state index is 0.00410. The van der Waals surface area contributed by atoms with E-state index < -0.39 is 11.4 Å². The molecule has 0 radical (unpaired) electrons. The minimum Gasteiger partial charge on any atom is -0.481 e. The third-order valence-electron chi connectivity index (χ3n) is 13.5. The predicted molar refractivity (Wildman–Crippen MR) is 128 cm³/mol. The first-order valence-corrected chi connectivity index (χ1v) is 13.8. The Morgan fingerprint density at radius 2 is 1.53 bits per heavy atom. The molecule has 5 saturated carbocycles. The van der Waals surface area contributed by atoms with Gasteiger partial charge in [-0.2, -0.15) is 0 Å². The van der Waals surface area contributed by atoms with Crippen LogP contribution in [0.1, 0.15) is 112 Å². The topological polar surface area (TPSA) is 57.5 Å². The van der Waals surface area contributed by atoms with Crippen molar-refractivity contribution in [2.75, 3.05) is 0 Å². The lowest BCUT2D eigenvalue weighted by Gasteiger charge is -2.72. The van der Waals surface area contributed by atoms with Gasteiger partial charge in [-0.1, -0.05) is 48.0 Å². The van der Waals surface area contributed by atoms with Crippen LogP contribution in [0.25, 0.3) is 0 Å². The lowest BCUT2D eigenvalue weighted by atomic mass is 9.32. The Hall–Kier alpha value is -0.570. The van der Waals surface area contributed by atoms with Gasteiger partial charge in [0.05, 0.1) is 11.5 Å². The molecule has 5 fully saturated rings. The van der Waals surface area contributed by atoms with Crippen LogP contribution in [0.4, 0.5) is 0 Å². The van der Waals surface area contributed by atoms with Gasteiger partial charge >= 0.3 is 5.97 Å². The predicted octanol–water partition coefficient (Wildman–Crippen LogP) is 6.92. The van der Waals surface area contributed by atoms with Gasteiger partial charge in [0.1, 0.15) is 0 Å². The highest BCUT2D eigenvalue weighted by atomic mass is 16.4. The number of aliphatic hydroxyl groups is 1. The van der Waals surface area contributed by atoms with Gasteiger partial charge in [0.2, 0.25) is 0 Å². The van der Waals surface area contributed by atoms with E-state index in [9.17, 15) is 15.0 Å². The quantitative estimate of drug-likeness (QED) is 0.486. The molecule has 0 heterocycles. The summed E-state index contributed by atoms with van der Waals surface area (Å²) >= 11 is 0. The van der Waals surface area contributed by atoms with Gasteiger partial charge in [-0.15, -0.1) is 0 Å². The van der Waals surface area contributed by atoms with E-state index in [1.807, 2.05) is 0 Å².